The predicted molar refractivity (Wildman–Crippen MR) is 54.6 cm³/mol. The van der Waals surface area contributed by atoms with Gasteiger partial charge in [0.2, 0.25) is 0 Å². The van der Waals surface area contributed by atoms with Gasteiger partial charge < -0.3 is 0 Å². The van der Waals surface area contributed by atoms with Gasteiger partial charge in [-0.2, -0.15) is 0 Å². The molecule has 0 bridgehead atoms. The summed E-state index contributed by atoms with van der Waals surface area (Å²) in [6, 6.07) is 8.84. The Kier molecular flexibility index (Phi) is 6.21. The zero-order chi connectivity index (χ0) is 8.97. The van der Waals surface area contributed by atoms with Crippen LogP contribution in [0.2, 0.25) is 0 Å². The van der Waals surface area contributed by atoms with Crippen molar-refractivity contribution in [3.63, 3.8) is 0 Å². The van der Waals surface area contributed by atoms with E-state index in [4.69, 9.17) is 0 Å². The quantitative estimate of drug-likeness (QED) is 0.417. The average Bonchev–Trinajstić information content (AvgIpc) is 2.05. The van der Waals surface area contributed by atoms with Crippen LogP contribution in [-0.2, 0) is 4.79 Å². The molecule has 0 N–H and O–H groups in total. The summed E-state index contributed by atoms with van der Waals surface area (Å²) < 4.78 is 0. The zero-order valence-electron chi connectivity index (χ0n) is 6.91. The minimum atomic E-state index is -0.108. The Hall–Kier alpha value is -0.180. The second kappa shape index (κ2) is 6.30. The number of rotatable bonds is 3. The van der Waals surface area contributed by atoms with Crippen LogP contribution in [0.15, 0.2) is 30.3 Å². The van der Waals surface area contributed by atoms with Crippen LogP contribution in [0.25, 0.3) is 0 Å². The van der Waals surface area contributed by atoms with Crippen LogP contribution < -0.4 is 0 Å². The van der Waals surface area contributed by atoms with Crippen LogP contribution in [0.4, 0.5) is 0 Å². The molecule has 0 aliphatic rings. The summed E-state index contributed by atoms with van der Waals surface area (Å²) in [6.45, 7) is 1.42. The van der Waals surface area contributed by atoms with E-state index in [1.807, 2.05) is 6.07 Å². The summed E-state index contributed by atoms with van der Waals surface area (Å²) in [5.41, 5.74) is 0.604. The standard InChI is InChI=1S/C10H10O2.Ca.2H/c1-8(11)7-10(12)9-5-3-2-4-6-9;;;/h2-6H,7H2,1H3;;;. The fourth-order valence-corrected chi connectivity index (χ4v) is 0.952. The molecular weight excluding hydrogens is 192 g/mol. The van der Waals surface area contributed by atoms with Gasteiger partial charge in [-0.1, -0.05) is 30.3 Å². The normalized spacial score (nSPS) is 8.69. The first-order valence-electron chi connectivity index (χ1n) is 3.78. The Morgan fingerprint density at radius 3 is 2.15 bits per heavy atom. The molecule has 0 aliphatic heterocycles. The second-order valence-electron chi connectivity index (χ2n) is 2.67. The van der Waals surface area contributed by atoms with E-state index in [0.29, 0.717) is 5.56 Å². The van der Waals surface area contributed by atoms with Crippen LogP contribution in [0, 0.1) is 0 Å². The van der Waals surface area contributed by atoms with Gasteiger partial charge in [0, 0.05) is 5.56 Å². The Morgan fingerprint density at radius 2 is 1.69 bits per heavy atom. The van der Waals surface area contributed by atoms with Crippen molar-refractivity contribution in [2.24, 2.45) is 0 Å². The molecule has 0 spiro atoms. The van der Waals surface area contributed by atoms with Crippen molar-refractivity contribution in [1.82, 2.24) is 0 Å². The Balaban J connectivity index is 0.00000144. The van der Waals surface area contributed by atoms with Crippen LogP contribution in [0.5, 0.6) is 0 Å². The van der Waals surface area contributed by atoms with Gasteiger partial charge in [-0.25, -0.2) is 0 Å². The summed E-state index contributed by atoms with van der Waals surface area (Å²) >= 11 is 0. The number of carbonyl (C=O) groups is 2. The van der Waals surface area contributed by atoms with Crippen molar-refractivity contribution >= 4 is 49.3 Å². The van der Waals surface area contributed by atoms with Crippen molar-refractivity contribution < 1.29 is 9.59 Å². The molecule has 1 rings (SSSR count). The fourth-order valence-electron chi connectivity index (χ4n) is 0.952. The maximum absolute atomic E-state index is 11.2. The first-order valence-corrected chi connectivity index (χ1v) is 3.78. The third-order valence-electron chi connectivity index (χ3n) is 1.51. The minimum absolute atomic E-state index is 0. The Bertz CT molecular complexity index is 293. The molecule has 0 amide bonds. The molecule has 1 aromatic carbocycles. The first kappa shape index (κ1) is 12.8. The van der Waals surface area contributed by atoms with Gasteiger partial charge in [-0.3, -0.25) is 9.59 Å². The van der Waals surface area contributed by atoms with Gasteiger partial charge >= 0.3 is 37.7 Å². The summed E-state index contributed by atoms with van der Waals surface area (Å²) in [6.07, 6.45) is 0.00398. The molecule has 0 atom stereocenters. The van der Waals surface area contributed by atoms with E-state index in [-0.39, 0.29) is 55.7 Å². The third kappa shape index (κ3) is 4.55. The molecule has 0 saturated heterocycles. The van der Waals surface area contributed by atoms with E-state index >= 15 is 0 Å². The van der Waals surface area contributed by atoms with Gasteiger partial charge in [0.25, 0.3) is 0 Å². The van der Waals surface area contributed by atoms with Gasteiger partial charge in [0.05, 0.1) is 6.42 Å². The maximum atomic E-state index is 11.2. The third-order valence-corrected chi connectivity index (χ3v) is 1.51. The van der Waals surface area contributed by atoms with E-state index in [1.54, 1.807) is 24.3 Å². The molecular formula is C10H12CaO2. The second-order valence-corrected chi connectivity index (χ2v) is 2.67. The van der Waals surface area contributed by atoms with Gasteiger partial charge in [-0.05, 0) is 6.92 Å². The molecule has 66 valence electrons. The molecule has 2 nitrogen and oxygen atoms in total. The number of ketones is 2. The molecule has 3 heteroatoms. The van der Waals surface area contributed by atoms with E-state index in [0.717, 1.165) is 0 Å². The van der Waals surface area contributed by atoms with Crippen LogP contribution in [-0.4, -0.2) is 49.3 Å². The molecule has 1 aromatic rings. The fraction of sp³-hybridized carbons (Fsp3) is 0.200. The van der Waals surface area contributed by atoms with Crippen molar-refractivity contribution in [2.75, 3.05) is 0 Å². The van der Waals surface area contributed by atoms with Crippen molar-refractivity contribution in [1.29, 1.82) is 0 Å². The molecule has 0 radical (unpaired) electrons. The van der Waals surface area contributed by atoms with Gasteiger partial charge in [0.1, 0.15) is 5.78 Å². The monoisotopic (exact) mass is 204 g/mol. The van der Waals surface area contributed by atoms with E-state index in [9.17, 15) is 9.59 Å². The van der Waals surface area contributed by atoms with Gasteiger partial charge in [0.15, 0.2) is 5.78 Å². The van der Waals surface area contributed by atoms with Crippen LogP contribution in [0.1, 0.15) is 23.7 Å². The molecule has 0 aliphatic carbocycles. The number of benzene rings is 1. The molecule has 0 aromatic heterocycles. The molecule has 0 heterocycles. The van der Waals surface area contributed by atoms with Crippen molar-refractivity contribution in [3.8, 4) is 0 Å². The van der Waals surface area contributed by atoms with Crippen LogP contribution >= 0.6 is 0 Å². The Morgan fingerprint density at radius 1 is 1.15 bits per heavy atom. The topological polar surface area (TPSA) is 34.1 Å². The zero-order valence-corrected chi connectivity index (χ0v) is 6.91. The molecule has 13 heavy (non-hydrogen) atoms. The van der Waals surface area contributed by atoms with Crippen LogP contribution in [0.3, 0.4) is 0 Å². The van der Waals surface area contributed by atoms with E-state index < -0.39 is 0 Å². The average molecular weight is 204 g/mol. The molecule has 0 fully saturated rings. The summed E-state index contributed by atoms with van der Waals surface area (Å²) in [5, 5.41) is 0. The first-order chi connectivity index (χ1) is 5.70. The SMILES string of the molecule is CC(=O)CC(=O)c1ccccc1.[CaH2]. The number of hydrogen-bond acceptors (Lipinski definition) is 2. The van der Waals surface area contributed by atoms with E-state index in [1.165, 1.54) is 6.92 Å². The van der Waals surface area contributed by atoms with Gasteiger partial charge in [-0.15, -0.1) is 0 Å². The predicted octanol–water partition coefficient (Wildman–Crippen LogP) is 0.932. The summed E-state index contributed by atoms with van der Waals surface area (Å²) in [7, 11) is 0. The summed E-state index contributed by atoms with van der Waals surface area (Å²) in [4.78, 5) is 21.8. The van der Waals surface area contributed by atoms with Crippen molar-refractivity contribution in [2.45, 2.75) is 13.3 Å². The Labute approximate surface area is 107 Å². The molecule has 0 saturated carbocycles. The number of hydrogen-bond donors (Lipinski definition) is 0. The van der Waals surface area contributed by atoms with E-state index in [2.05, 4.69) is 0 Å². The molecule has 0 unspecified atom stereocenters. The summed E-state index contributed by atoms with van der Waals surface area (Å²) in [5.74, 6) is -0.202. The number of carbonyl (C=O) groups excluding carboxylic acids is 2. The number of Topliss-reactive ketones (excluding diaryl/α,β-unsaturated/α-hetero) is 2. The van der Waals surface area contributed by atoms with Crippen molar-refractivity contribution in [3.05, 3.63) is 35.9 Å².